The van der Waals surface area contributed by atoms with Gasteiger partial charge in [-0.2, -0.15) is 0 Å². The van der Waals surface area contributed by atoms with Crippen molar-refractivity contribution < 1.29 is 9.53 Å². The van der Waals surface area contributed by atoms with E-state index in [4.69, 9.17) is 34.8 Å². The number of carbonyl (C=O) groups excluding carboxylic acids is 1. The summed E-state index contributed by atoms with van der Waals surface area (Å²) in [5.41, 5.74) is 0.627. The number of esters is 1. The lowest BCUT2D eigenvalue weighted by Crippen LogP contribution is -2.07. The van der Waals surface area contributed by atoms with Gasteiger partial charge < -0.3 is 10.1 Å². The van der Waals surface area contributed by atoms with Crippen LogP contribution in [-0.2, 0) is 9.53 Å². The van der Waals surface area contributed by atoms with E-state index in [-0.39, 0.29) is 5.97 Å². The third-order valence-electron chi connectivity index (χ3n) is 2.09. The molecule has 0 aliphatic heterocycles. The van der Waals surface area contributed by atoms with E-state index in [2.05, 4.69) is 10.1 Å². The van der Waals surface area contributed by atoms with Gasteiger partial charge in [-0.05, 0) is 18.6 Å². The molecule has 0 amide bonds. The van der Waals surface area contributed by atoms with Crippen molar-refractivity contribution in [2.75, 3.05) is 19.0 Å². The second kappa shape index (κ2) is 6.94. The molecule has 0 saturated heterocycles. The van der Waals surface area contributed by atoms with Crippen LogP contribution in [0.25, 0.3) is 0 Å². The first kappa shape index (κ1) is 14.4. The molecule has 1 N–H and O–H groups in total. The lowest BCUT2D eigenvalue weighted by atomic mass is 10.2. The molecule has 1 aromatic carbocycles. The summed E-state index contributed by atoms with van der Waals surface area (Å²) < 4.78 is 4.53. The number of halogens is 3. The van der Waals surface area contributed by atoms with E-state index in [1.165, 1.54) is 7.11 Å². The monoisotopic (exact) mass is 295 g/mol. The Balaban J connectivity index is 2.50. The molecule has 0 fully saturated rings. The van der Waals surface area contributed by atoms with Gasteiger partial charge in [0.05, 0.1) is 22.8 Å². The second-order valence-corrected chi connectivity index (χ2v) is 4.60. The maximum atomic E-state index is 10.9. The number of carbonyl (C=O) groups is 1. The molecule has 0 aliphatic carbocycles. The summed E-state index contributed by atoms with van der Waals surface area (Å²) >= 11 is 17.7. The van der Waals surface area contributed by atoms with Gasteiger partial charge in [-0.3, -0.25) is 4.79 Å². The molecule has 3 nitrogen and oxygen atoms in total. The molecule has 94 valence electrons. The van der Waals surface area contributed by atoms with Gasteiger partial charge in [0, 0.05) is 18.0 Å². The molecule has 0 heterocycles. The first-order valence-electron chi connectivity index (χ1n) is 5.00. The summed E-state index contributed by atoms with van der Waals surface area (Å²) in [7, 11) is 1.36. The fraction of sp³-hybridized carbons (Fsp3) is 0.364. The van der Waals surface area contributed by atoms with Crippen LogP contribution >= 0.6 is 34.8 Å². The smallest absolute Gasteiger partial charge is 0.305 e. The molecule has 0 unspecified atom stereocenters. The Morgan fingerprint density at radius 2 is 1.88 bits per heavy atom. The Kier molecular flexibility index (Phi) is 5.89. The fourth-order valence-corrected chi connectivity index (χ4v) is 2.21. The predicted octanol–water partition coefficient (Wildman–Crippen LogP) is 4.01. The maximum Gasteiger partial charge on any atom is 0.305 e. The van der Waals surface area contributed by atoms with Gasteiger partial charge in [0.1, 0.15) is 0 Å². The van der Waals surface area contributed by atoms with Crippen LogP contribution in [0, 0.1) is 0 Å². The standard InChI is InChI=1S/C11H12Cl3NO2/c1-17-10(16)3-2-4-15-11-8(13)5-7(12)6-9(11)14/h5-6,15H,2-4H2,1H3. The zero-order valence-electron chi connectivity index (χ0n) is 9.23. The maximum absolute atomic E-state index is 10.9. The minimum Gasteiger partial charge on any atom is -0.469 e. The number of hydrogen-bond acceptors (Lipinski definition) is 3. The number of methoxy groups -OCH3 is 1. The third-order valence-corrected chi connectivity index (χ3v) is 2.91. The molecule has 1 rings (SSSR count). The van der Waals surface area contributed by atoms with Crippen LogP contribution in [0.3, 0.4) is 0 Å². The van der Waals surface area contributed by atoms with Gasteiger partial charge in [0.25, 0.3) is 0 Å². The highest BCUT2D eigenvalue weighted by Gasteiger charge is 2.07. The number of hydrogen-bond donors (Lipinski definition) is 1. The van der Waals surface area contributed by atoms with Gasteiger partial charge in [-0.1, -0.05) is 34.8 Å². The van der Waals surface area contributed by atoms with Crippen LogP contribution in [0.2, 0.25) is 15.1 Å². The highest BCUT2D eigenvalue weighted by atomic mass is 35.5. The van der Waals surface area contributed by atoms with Gasteiger partial charge in [-0.15, -0.1) is 0 Å². The average Bonchev–Trinajstić information content (AvgIpc) is 2.26. The predicted molar refractivity (Wildman–Crippen MR) is 71.2 cm³/mol. The quantitative estimate of drug-likeness (QED) is 0.659. The Morgan fingerprint density at radius 3 is 2.41 bits per heavy atom. The average molecular weight is 297 g/mol. The third kappa shape index (κ3) is 4.62. The highest BCUT2D eigenvalue weighted by molar-refractivity contribution is 6.41. The van der Waals surface area contributed by atoms with Crippen LogP contribution in [0.4, 0.5) is 5.69 Å². The molecule has 0 aliphatic rings. The Labute approximate surface area is 115 Å². The van der Waals surface area contributed by atoms with Crippen LogP contribution < -0.4 is 5.32 Å². The minimum absolute atomic E-state index is 0.236. The summed E-state index contributed by atoms with van der Waals surface area (Å²) in [6.45, 7) is 0.580. The summed E-state index contributed by atoms with van der Waals surface area (Å²) in [6.07, 6.45) is 0.994. The molecule has 0 radical (unpaired) electrons. The molecule has 0 bridgehead atoms. The van der Waals surface area contributed by atoms with Crippen molar-refractivity contribution in [2.24, 2.45) is 0 Å². The van der Waals surface area contributed by atoms with Crippen molar-refractivity contribution in [1.82, 2.24) is 0 Å². The Hall–Kier alpha value is -0.640. The largest absolute Gasteiger partial charge is 0.469 e. The first-order valence-corrected chi connectivity index (χ1v) is 6.13. The van der Waals surface area contributed by atoms with Crippen molar-refractivity contribution in [3.8, 4) is 0 Å². The van der Waals surface area contributed by atoms with E-state index in [1.807, 2.05) is 0 Å². The SMILES string of the molecule is COC(=O)CCCNc1c(Cl)cc(Cl)cc1Cl. The van der Waals surface area contributed by atoms with E-state index >= 15 is 0 Å². The topological polar surface area (TPSA) is 38.3 Å². The second-order valence-electron chi connectivity index (χ2n) is 3.35. The van der Waals surface area contributed by atoms with E-state index < -0.39 is 0 Å². The minimum atomic E-state index is -0.236. The molecular weight excluding hydrogens is 284 g/mol. The summed E-state index contributed by atoms with van der Waals surface area (Å²) in [4.78, 5) is 10.9. The highest BCUT2D eigenvalue weighted by Crippen LogP contribution is 2.33. The molecule has 6 heteroatoms. The number of anilines is 1. The van der Waals surface area contributed by atoms with Crippen molar-refractivity contribution in [2.45, 2.75) is 12.8 Å². The van der Waals surface area contributed by atoms with Crippen molar-refractivity contribution in [3.05, 3.63) is 27.2 Å². The van der Waals surface area contributed by atoms with Crippen molar-refractivity contribution in [3.63, 3.8) is 0 Å². The van der Waals surface area contributed by atoms with Gasteiger partial charge >= 0.3 is 5.97 Å². The summed E-state index contributed by atoms with van der Waals surface area (Å²) in [5, 5.41) is 4.46. The number of benzene rings is 1. The van der Waals surface area contributed by atoms with Crippen molar-refractivity contribution >= 4 is 46.5 Å². The zero-order chi connectivity index (χ0) is 12.8. The van der Waals surface area contributed by atoms with E-state index in [0.29, 0.717) is 40.1 Å². The molecule has 1 aromatic rings. The number of ether oxygens (including phenoxy) is 1. The molecule has 17 heavy (non-hydrogen) atoms. The number of nitrogens with one attached hydrogen (secondary N) is 1. The summed E-state index contributed by atoms with van der Waals surface area (Å²) in [6, 6.07) is 3.22. The van der Waals surface area contributed by atoms with Crippen LogP contribution in [0.15, 0.2) is 12.1 Å². The van der Waals surface area contributed by atoms with Crippen molar-refractivity contribution in [1.29, 1.82) is 0 Å². The van der Waals surface area contributed by atoms with E-state index in [1.54, 1.807) is 12.1 Å². The molecule has 0 saturated carbocycles. The lowest BCUT2D eigenvalue weighted by molar-refractivity contribution is -0.140. The molecular formula is C11H12Cl3NO2. The van der Waals surface area contributed by atoms with Gasteiger partial charge in [0.2, 0.25) is 0 Å². The van der Waals surface area contributed by atoms with Crippen LogP contribution in [0.5, 0.6) is 0 Å². The van der Waals surface area contributed by atoms with Gasteiger partial charge in [0.15, 0.2) is 0 Å². The molecule has 0 spiro atoms. The molecule has 0 aromatic heterocycles. The fourth-order valence-electron chi connectivity index (χ4n) is 1.26. The van der Waals surface area contributed by atoms with Gasteiger partial charge in [-0.25, -0.2) is 0 Å². The number of rotatable bonds is 5. The normalized spacial score (nSPS) is 10.1. The first-order chi connectivity index (χ1) is 8.04. The molecule has 0 atom stereocenters. The zero-order valence-corrected chi connectivity index (χ0v) is 11.5. The Morgan fingerprint density at radius 1 is 1.29 bits per heavy atom. The Bertz CT molecular complexity index is 387. The van der Waals surface area contributed by atoms with E-state index in [0.717, 1.165) is 0 Å². The van der Waals surface area contributed by atoms with Crippen LogP contribution in [-0.4, -0.2) is 19.6 Å². The van der Waals surface area contributed by atoms with E-state index in [9.17, 15) is 4.79 Å². The lowest BCUT2D eigenvalue weighted by Gasteiger charge is -2.10. The van der Waals surface area contributed by atoms with Crippen LogP contribution in [0.1, 0.15) is 12.8 Å². The summed E-state index contributed by atoms with van der Waals surface area (Å²) in [5.74, 6) is -0.236.